The molecule has 2 aromatic rings. The lowest BCUT2D eigenvalue weighted by atomic mass is 10.1. The Morgan fingerprint density at radius 1 is 1.38 bits per heavy atom. The van der Waals surface area contributed by atoms with Gasteiger partial charge in [-0.3, -0.25) is 4.79 Å². The lowest BCUT2D eigenvalue weighted by Gasteiger charge is -2.25. The summed E-state index contributed by atoms with van der Waals surface area (Å²) in [4.78, 5) is 29.4. The van der Waals surface area contributed by atoms with Crippen molar-refractivity contribution in [2.45, 2.75) is 13.3 Å². The number of aromatic nitrogens is 3. The van der Waals surface area contributed by atoms with Gasteiger partial charge in [0.25, 0.3) is 5.91 Å². The molecule has 7 heteroatoms. The lowest BCUT2D eigenvalue weighted by Crippen LogP contribution is -2.35. The van der Waals surface area contributed by atoms with Crippen LogP contribution in [0.1, 0.15) is 34.2 Å². The van der Waals surface area contributed by atoms with Gasteiger partial charge in [-0.15, -0.1) is 0 Å². The SMILES string of the molecule is CC1=CCN(C(=O)c2ccnc3c(C(=O)O)cnn23)CC1. The maximum absolute atomic E-state index is 12.6. The van der Waals surface area contributed by atoms with Gasteiger partial charge in [-0.05, 0) is 19.4 Å². The van der Waals surface area contributed by atoms with E-state index in [1.807, 2.05) is 13.0 Å². The number of carbonyl (C=O) groups is 2. The normalized spacial score (nSPS) is 15.1. The zero-order chi connectivity index (χ0) is 15.0. The highest BCUT2D eigenvalue weighted by molar-refractivity contribution is 5.97. The third kappa shape index (κ3) is 2.26. The smallest absolute Gasteiger partial charge is 0.341 e. The van der Waals surface area contributed by atoms with E-state index in [1.54, 1.807) is 11.0 Å². The van der Waals surface area contributed by atoms with Crippen LogP contribution < -0.4 is 0 Å². The molecule has 0 aromatic carbocycles. The van der Waals surface area contributed by atoms with Crippen molar-refractivity contribution < 1.29 is 14.7 Å². The molecule has 1 aliphatic rings. The van der Waals surface area contributed by atoms with Crippen LogP contribution in [0.25, 0.3) is 5.65 Å². The van der Waals surface area contributed by atoms with Gasteiger partial charge in [-0.2, -0.15) is 5.10 Å². The molecule has 1 aliphatic heterocycles. The molecule has 2 aromatic heterocycles. The van der Waals surface area contributed by atoms with Crippen LogP contribution in [0.2, 0.25) is 0 Å². The van der Waals surface area contributed by atoms with E-state index in [4.69, 9.17) is 5.11 Å². The highest BCUT2D eigenvalue weighted by Crippen LogP contribution is 2.15. The van der Waals surface area contributed by atoms with Crippen LogP contribution in [-0.2, 0) is 0 Å². The van der Waals surface area contributed by atoms with Gasteiger partial charge in [-0.1, -0.05) is 11.6 Å². The summed E-state index contributed by atoms with van der Waals surface area (Å²) in [5.41, 5.74) is 1.75. The number of rotatable bonds is 2. The topological polar surface area (TPSA) is 87.8 Å². The van der Waals surface area contributed by atoms with Gasteiger partial charge in [0.2, 0.25) is 0 Å². The van der Waals surface area contributed by atoms with Crippen LogP contribution in [0.4, 0.5) is 0 Å². The van der Waals surface area contributed by atoms with Gasteiger partial charge >= 0.3 is 5.97 Å². The Labute approximate surface area is 120 Å². The first-order valence-electron chi connectivity index (χ1n) is 6.59. The maximum atomic E-state index is 12.6. The van der Waals surface area contributed by atoms with Gasteiger partial charge in [0.15, 0.2) is 5.65 Å². The molecule has 108 valence electrons. The number of aromatic carboxylic acids is 1. The molecule has 0 atom stereocenters. The van der Waals surface area contributed by atoms with Crippen molar-refractivity contribution in [3.05, 3.63) is 41.4 Å². The molecule has 0 unspecified atom stereocenters. The number of fused-ring (bicyclic) bond motifs is 1. The minimum atomic E-state index is -1.11. The number of amides is 1. The van der Waals surface area contributed by atoms with E-state index in [2.05, 4.69) is 10.1 Å². The van der Waals surface area contributed by atoms with Gasteiger partial charge in [0, 0.05) is 19.3 Å². The molecule has 0 fully saturated rings. The molecule has 0 saturated heterocycles. The molecular weight excluding hydrogens is 272 g/mol. The molecule has 1 amide bonds. The van der Waals surface area contributed by atoms with Crippen LogP contribution in [0.3, 0.4) is 0 Å². The summed E-state index contributed by atoms with van der Waals surface area (Å²) >= 11 is 0. The van der Waals surface area contributed by atoms with Crippen LogP contribution in [0, 0.1) is 0 Å². The highest BCUT2D eigenvalue weighted by atomic mass is 16.4. The Morgan fingerprint density at radius 3 is 2.86 bits per heavy atom. The number of hydrogen-bond donors (Lipinski definition) is 1. The largest absolute Gasteiger partial charge is 0.477 e. The van der Waals surface area contributed by atoms with E-state index in [-0.39, 0.29) is 17.1 Å². The van der Waals surface area contributed by atoms with Crippen molar-refractivity contribution in [2.24, 2.45) is 0 Å². The Balaban J connectivity index is 2.01. The Hall–Kier alpha value is -2.70. The summed E-state index contributed by atoms with van der Waals surface area (Å²) in [6, 6.07) is 1.55. The zero-order valence-corrected chi connectivity index (χ0v) is 11.5. The molecule has 3 heterocycles. The minimum absolute atomic E-state index is 0.0148. The Kier molecular flexibility index (Phi) is 3.17. The average molecular weight is 286 g/mol. The molecule has 0 saturated carbocycles. The Morgan fingerprint density at radius 2 is 2.19 bits per heavy atom. The molecule has 0 aliphatic carbocycles. The fourth-order valence-corrected chi connectivity index (χ4v) is 2.32. The van der Waals surface area contributed by atoms with Crippen molar-refractivity contribution in [2.75, 3.05) is 13.1 Å². The van der Waals surface area contributed by atoms with Crippen molar-refractivity contribution in [1.29, 1.82) is 0 Å². The summed E-state index contributed by atoms with van der Waals surface area (Å²) in [5.74, 6) is -1.29. The first kappa shape index (κ1) is 13.3. The van der Waals surface area contributed by atoms with Gasteiger partial charge in [0.05, 0.1) is 6.20 Å². The summed E-state index contributed by atoms with van der Waals surface area (Å²) in [5, 5.41) is 13.1. The van der Waals surface area contributed by atoms with Gasteiger partial charge in [0.1, 0.15) is 11.3 Å². The van der Waals surface area contributed by atoms with Crippen LogP contribution in [-0.4, -0.2) is 49.6 Å². The van der Waals surface area contributed by atoms with E-state index in [9.17, 15) is 9.59 Å². The van der Waals surface area contributed by atoms with E-state index in [1.165, 1.54) is 22.5 Å². The summed E-state index contributed by atoms with van der Waals surface area (Å²) in [7, 11) is 0. The summed E-state index contributed by atoms with van der Waals surface area (Å²) < 4.78 is 1.29. The van der Waals surface area contributed by atoms with Crippen LogP contribution in [0.5, 0.6) is 0 Å². The van der Waals surface area contributed by atoms with E-state index < -0.39 is 5.97 Å². The minimum Gasteiger partial charge on any atom is -0.477 e. The van der Waals surface area contributed by atoms with E-state index >= 15 is 0 Å². The number of nitrogens with zero attached hydrogens (tertiary/aromatic N) is 4. The standard InChI is InChI=1S/C14H14N4O3/c1-9-3-6-17(7-4-9)13(19)11-2-5-15-12-10(14(20)21)8-16-18(11)12/h2-3,5,8H,4,6-7H2,1H3,(H,20,21). The fourth-order valence-electron chi connectivity index (χ4n) is 2.32. The monoisotopic (exact) mass is 286 g/mol. The third-order valence-corrected chi connectivity index (χ3v) is 3.57. The van der Waals surface area contributed by atoms with Crippen molar-refractivity contribution >= 4 is 17.5 Å². The molecular formula is C14H14N4O3. The average Bonchev–Trinajstić information content (AvgIpc) is 2.91. The van der Waals surface area contributed by atoms with E-state index in [0.717, 1.165) is 6.42 Å². The fraction of sp³-hybridized carbons (Fsp3) is 0.286. The van der Waals surface area contributed by atoms with Crippen molar-refractivity contribution in [3.63, 3.8) is 0 Å². The quantitative estimate of drug-likeness (QED) is 0.839. The zero-order valence-electron chi connectivity index (χ0n) is 11.5. The first-order valence-corrected chi connectivity index (χ1v) is 6.59. The second-order valence-corrected chi connectivity index (χ2v) is 4.98. The number of carboxylic acid groups (broad SMARTS) is 1. The maximum Gasteiger partial charge on any atom is 0.341 e. The molecule has 21 heavy (non-hydrogen) atoms. The predicted molar refractivity (Wildman–Crippen MR) is 74.2 cm³/mol. The third-order valence-electron chi connectivity index (χ3n) is 3.57. The molecule has 0 radical (unpaired) electrons. The van der Waals surface area contributed by atoms with Crippen molar-refractivity contribution in [3.8, 4) is 0 Å². The molecule has 1 N–H and O–H groups in total. The number of hydrogen-bond acceptors (Lipinski definition) is 4. The Bertz CT molecular complexity index is 763. The molecule has 0 spiro atoms. The van der Waals surface area contributed by atoms with Crippen molar-refractivity contribution in [1.82, 2.24) is 19.5 Å². The first-order chi connectivity index (χ1) is 10.1. The van der Waals surface area contributed by atoms with Gasteiger partial charge < -0.3 is 10.0 Å². The lowest BCUT2D eigenvalue weighted by molar-refractivity contribution is 0.0696. The van der Waals surface area contributed by atoms with E-state index in [0.29, 0.717) is 18.8 Å². The second-order valence-electron chi connectivity index (χ2n) is 4.98. The molecule has 0 bridgehead atoms. The van der Waals surface area contributed by atoms with Gasteiger partial charge in [-0.25, -0.2) is 14.3 Å². The summed E-state index contributed by atoms with van der Waals surface area (Å²) in [6.45, 7) is 3.25. The number of carboxylic acids is 1. The predicted octanol–water partition coefficient (Wildman–Crippen LogP) is 1.22. The summed E-state index contributed by atoms with van der Waals surface area (Å²) in [6.07, 6.45) is 5.51. The number of carbonyl (C=O) groups excluding carboxylic acids is 1. The molecule has 7 nitrogen and oxygen atoms in total. The molecule has 3 rings (SSSR count). The van der Waals surface area contributed by atoms with Crippen LogP contribution in [0.15, 0.2) is 30.1 Å². The second kappa shape index (κ2) is 5.01. The van der Waals surface area contributed by atoms with Crippen LogP contribution >= 0.6 is 0 Å². The highest BCUT2D eigenvalue weighted by Gasteiger charge is 2.22.